The monoisotopic (exact) mass is 366 g/mol. The van der Waals surface area contributed by atoms with E-state index in [9.17, 15) is 13.2 Å². The van der Waals surface area contributed by atoms with Crippen molar-refractivity contribution in [2.24, 2.45) is 5.73 Å². The van der Waals surface area contributed by atoms with Gasteiger partial charge in [0.15, 0.2) is 9.84 Å². The number of nitrogens with zero attached hydrogens (tertiary/aromatic N) is 1. The maximum absolute atomic E-state index is 12.2. The first-order chi connectivity index (χ1) is 11.8. The van der Waals surface area contributed by atoms with Crippen LogP contribution in [0.15, 0.2) is 45.9 Å². The van der Waals surface area contributed by atoms with Crippen molar-refractivity contribution in [2.75, 3.05) is 26.5 Å². The van der Waals surface area contributed by atoms with E-state index >= 15 is 0 Å². The molecule has 8 heteroatoms. The Labute approximate surface area is 147 Å². The van der Waals surface area contributed by atoms with E-state index in [1.165, 1.54) is 18.4 Å². The minimum atomic E-state index is -3.26. The molecule has 0 radical (unpaired) electrons. The summed E-state index contributed by atoms with van der Waals surface area (Å²) in [6.07, 6.45) is 3.15. The van der Waals surface area contributed by atoms with Crippen LogP contribution in [0.5, 0.6) is 5.75 Å². The predicted octanol–water partition coefficient (Wildman–Crippen LogP) is 1.68. The summed E-state index contributed by atoms with van der Waals surface area (Å²) in [5.74, 6) is 0.896. The van der Waals surface area contributed by atoms with E-state index in [4.69, 9.17) is 14.9 Å². The van der Waals surface area contributed by atoms with Crippen molar-refractivity contribution in [1.29, 1.82) is 0 Å². The van der Waals surface area contributed by atoms with Crippen LogP contribution in [0.2, 0.25) is 0 Å². The van der Waals surface area contributed by atoms with E-state index in [1.54, 1.807) is 30.1 Å². The molecule has 0 saturated carbocycles. The van der Waals surface area contributed by atoms with Gasteiger partial charge in [0.2, 0.25) is 0 Å². The van der Waals surface area contributed by atoms with Gasteiger partial charge in [0.1, 0.15) is 17.8 Å². The van der Waals surface area contributed by atoms with Gasteiger partial charge in [-0.05, 0) is 30.7 Å². The molecule has 0 unspecified atom stereocenters. The van der Waals surface area contributed by atoms with Gasteiger partial charge in [0, 0.05) is 19.8 Å². The molecule has 136 valence electrons. The molecule has 0 aliphatic heterocycles. The SMILES string of the molecule is CN(CCCOc1cccc(S(C)(=O)=O)c1)C(=O)c1coc(CN)c1. The van der Waals surface area contributed by atoms with E-state index < -0.39 is 9.84 Å². The molecule has 0 spiro atoms. The molecule has 0 fully saturated rings. The number of carbonyl (C=O) groups is 1. The molecule has 0 saturated heterocycles. The highest BCUT2D eigenvalue weighted by molar-refractivity contribution is 7.90. The van der Waals surface area contributed by atoms with Crippen LogP contribution in [0.3, 0.4) is 0 Å². The van der Waals surface area contributed by atoms with Crippen molar-refractivity contribution in [3.05, 3.63) is 47.9 Å². The maximum atomic E-state index is 12.2. The number of amides is 1. The van der Waals surface area contributed by atoms with Gasteiger partial charge in [-0.2, -0.15) is 0 Å². The minimum absolute atomic E-state index is 0.150. The smallest absolute Gasteiger partial charge is 0.256 e. The minimum Gasteiger partial charge on any atom is -0.493 e. The first kappa shape index (κ1) is 19.0. The van der Waals surface area contributed by atoms with E-state index in [2.05, 4.69) is 0 Å². The van der Waals surface area contributed by atoms with Gasteiger partial charge in [0.25, 0.3) is 5.91 Å². The van der Waals surface area contributed by atoms with Crippen LogP contribution >= 0.6 is 0 Å². The fourth-order valence-electron chi connectivity index (χ4n) is 2.21. The molecule has 0 aliphatic rings. The Morgan fingerprint density at radius 3 is 2.72 bits per heavy atom. The molecule has 1 heterocycles. The summed E-state index contributed by atoms with van der Waals surface area (Å²) in [5, 5.41) is 0. The largest absolute Gasteiger partial charge is 0.493 e. The van der Waals surface area contributed by atoms with Gasteiger partial charge in [-0.1, -0.05) is 6.07 Å². The first-order valence-electron chi connectivity index (χ1n) is 7.77. The molecule has 7 nitrogen and oxygen atoms in total. The molecule has 2 rings (SSSR count). The van der Waals surface area contributed by atoms with Crippen molar-refractivity contribution < 1.29 is 22.4 Å². The molecule has 2 N–H and O–H groups in total. The zero-order valence-corrected chi connectivity index (χ0v) is 15.1. The topological polar surface area (TPSA) is 103 Å². The summed E-state index contributed by atoms with van der Waals surface area (Å²) in [6, 6.07) is 7.98. The highest BCUT2D eigenvalue weighted by Crippen LogP contribution is 2.17. The molecule has 0 bridgehead atoms. The van der Waals surface area contributed by atoms with Gasteiger partial charge in [0.05, 0.1) is 23.6 Å². The van der Waals surface area contributed by atoms with Crippen molar-refractivity contribution in [1.82, 2.24) is 4.90 Å². The second-order valence-electron chi connectivity index (χ2n) is 5.68. The molecule has 1 aromatic heterocycles. The lowest BCUT2D eigenvalue weighted by Gasteiger charge is -2.16. The van der Waals surface area contributed by atoms with Crippen molar-refractivity contribution in [3.8, 4) is 5.75 Å². The lowest BCUT2D eigenvalue weighted by atomic mass is 10.2. The van der Waals surface area contributed by atoms with Crippen LogP contribution in [0.1, 0.15) is 22.5 Å². The van der Waals surface area contributed by atoms with Gasteiger partial charge in [-0.25, -0.2) is 8.42 Å². The maximum Gasteiger partial charge on any atom is 0.256 e. The molecule has 25 heavy (non-hydrogen) atoms. The van der Waals surface area contributed by atoms with E-state index in [0.717, 1.165) is 6.26 Å². The molecule has 2 aromatic rings. The summed E-state index contributed by atoms with van der Waals surface area (Å²) in [6.45, 7) is 1.11. The third-order valence-electron chi connectivity index (χ3n) is 3.59. The highest BCUT2D eigenvalue weighted by Gasteiger charge is 2.14. The fourth-order valence-corrected chi connectivity index (χ4v) is 2.86. The van der Waals surface area contributed by atoms with Gasteiger partial charge in [-0.15, -0.1) is 0 Å². The number of hydrogen-bond acceptors (Lipinski definition) is 6. The molecular weight excluding hydrogens is 344 g/mol. The van der Waals surface area contributed by atoms with Crippen LogP contribution in [0, 0.1) is 0 Å². The zero-order chi connectivity index (χ0) is 18.4. The van der Waals surface area contributed by atoms with E-state index in [0.29, 0.717) is 36.6 Å². The molecule has 0 atom stereocenters. The summed E-state index contributed by atoms with van der Waals surface area (Å²) in [5.41, 5.74) is 5.92. The number of ether oxygens (including phenoxy) is 1. The predicted molar refractivity (Wildman–Crippen MR) is 93.2 cm³/mol. The molecule has 0 aliphatic carbocycles. The quantitative estimate of drug-likeness (QED) is 0.713. The Balaban J connectivity index is 1.81. The number of benzene rings is 1. The highest BCUT2D eigenvalue weighted by atomic mass is 32.2. The second kappa shape index (κ2) is 8.17. The lowest BCUT2D eigenvalue weighted by Crippen LogP contribution is -2.28. The molecule has 1 aromatic carbocycles. The van der Waals surface area contributed by atoms with Crippen LogP contribution in [0.25, 0.3) is 0 Å². The summed E-state index contributed by atoms with van der Waals surface area (Å²) < 4.78 is 33.8. The number of carbonyl (C=O) groups excluding carboxylic acids is 1. The van der Waals surface area contributed by atoms with Crippen LogP contribution in [-0.4, -0.2) is 45.7 Å². The summed E-state index contributed by atoms with van der Waals surface area (Å²) >= 11 is 0. The first-order valence-corrected chi connectivity index (χ1v) is 9.66. The molecular formula is C17H22N2O5S. The van der Waals surface area contributed by atoms with Gasteiger partial charge >= 0.3 is 0 Å². The third kappa shape index (κ3) is 5.33. The Hall–Kier alpha value is -2.32. The normalized spacial score (nSPS) is 11.3. The van der Waals surface area contributed by atoms with Crippen molar-refractivity contribution >= 4 is 15.7 Å². The van der Waals surface area contributed by atoms with Crippen molar-refractivity contribution in [3.63, 3.8) is 0 Å². The zero-order valence-electron chi connectivity index (χ0n) is 14.3. The number of rotatable bonds is 8. The Morgan fingerprint density at radius 2 is 2.08 bits per heavy atom. The van der Waals surface area contributed by atoms with E-state index in [1.807, 2.05) is 0 Å². The average molecular weight is 366 g/mol. The lowest BCUT2D eigenvalue weighted by molar-refractivity contribution is 0.0787. The summed E-state index contributed by atoms with van der Waals surface area (Å²) in [7, 11) is -1.57. The van der Waals surface area contributed by atoms with E-state index in [-0.39, 0.29) is 17.3 Å². The summed E-state index contributed by atoms with van der Waals surface area (Å²) in [4.78, 5) is 14.0. The van der Waals surface area contributed by atoms with Crippen LogP contribution < -0.4 is 10.5 Å². The standard InChI is InChI=1S/C17H22N2O5S/c1-19(17(20)13-9-15(11-18)24-12-13)7-4-8-23-14-5-3-6-16(10-14)25(2,21)22/h3,5-6,9-10,12H,4,7-8,11,18H2,1-2H3. The molecule has 1 amide bonds. The average Bonchev–Trinajstić information content (AvgIpc) is 3.06. The van der Waals surface area contributed by atoms with Gasteiger partial charge < -0.3 is 19.8 Å². The third-order valence-corrected chi connectivity index (χ3v) is 4.70. The fraction of sp³-hybridized carbons (Fsp3) is 0.353. The Bertz CT molecular complexity index is 829. The second-order valence-corrected chi connectivity index (χ2v) is 7.70. The number of nitrogens with two attached hydrogens (primary N) is 1. The number of hydrogen-bond donors (Lipinski definition) is 1. The Morgan fingerprint density at radius 1 is 1.32 bits per heavy atom. The van der Waals surface area contributed by atoms with Gasteiger partial charge in [-0.3, -0.25) is 4.79 Å². The number of furan rings is 1. The number of sulfone groups is 1. The Kier molecular flexibility index (Phi) is 6.22. The van der Waals surface area contributed by atoms with Crippen LogP contribution in [-0.2, 0) is 16.4 Å². The van der Waals surface area contributed by atoms with Crippen LogP contribution in [0.4, 0.5) is 0 Å². The van der Waals surface area contributed by atoms with Crippen molar-refractivity contribution in [2.45, 2.75) is 17.9 Å².